The molecule has 1 rings (SSSR count). The molecule has 23 heavy (non-hydrogen) atoms. The van der Waals surface area contributed by atoms with Gasteiger partial charge in [0, 0.05) is 25.7 Å². The second kappa shape index (κ2) is 8.15. The number of rotatable bonds is 5. The largest absolute Gasteiger partial charge is 0.444 e. The first-order valence-corrected chi connectivity index (χ1v) is 7.65. The molecule has 0 bridgehead atoms. The van der Waals surface area contributed by atoms with E-state index in [1.54, 1.807) is 27.8 Å². The average molecular weight is 345 g/mol. The topological polar surface area (TPSA) is 58.6 Å². The number of hydrogen-bond acceptors (Lipinski definition) is 3. The van der Waals surface area contributed by atoms with Crippen molar-refractivity contribution < 1.29 is 18.7 Å². The standard InChI is InChI=1S/C16H22ClFN2O3/c1-16(2,3)23-15(22)20(4)9-5-6-14(21)19-11-7-8-13(18)12(17)10-11/h7-8,10H,5-6,9H2,1-4H3,(H,19,21). The third-order valence-corrected chi connectivity index (χ3v) is 3.10. The summed E-state index contributed by atoms with van der Waals surface area (Å²) in [6.07, 6.45) is 0.279. The Labute approximate surface area is 140 Å². The van der Waals surface area contributed by atoms with Gasteiger partial charge in [-0.3, -0.25) is 4.79 Å². The van der Waals surface area contributed by atoms with Crippen molar-refractivity contribution in [3.8, 4) is 0 Å². The summed E-state index contributed by atoms with van der Waals surface area (Å²) >= 11 is 5.65. The van der Waals surface area contributed by atoms with Gasteiger partial charge in [0.15, 0.2) is 0 Å². The lowest BCUT2D eigenvalue weighted by atomic mass is 10.2. The van der Waals surface area contributed by atoms with Gasteiger partial charge in [-0.25, -0.2) is 9.18 Å². The number of halogens is 2. The molecule has 1 aromatic carbocycles. The van der Waals surface area contributed by atoms with Crippen molar-refractivity contribution in [3.05, 3.63) is 29.0 Å². The molecule has 0 aliphatic rings. The molecule has 5 nitrogen and oxygen atoms in total. The number of nitrogens with zero attached hydrogens (tertiary/aromatic N) is 1. The lowest BCUT2D eigenvalue weighted by Gasteiger charge is -2.24. The van der Waals surface area contributed by atoms with Crippen LogP contribution in [0.3, 0.4) is 0 Å². The fraction of sp³-hybridized carbons (Fsp3) is 0.500. The number of carbonyl (C=O) groups is 2. The summed E-state index contributed by atoms with van der Waals surface area (Å²) in [5.74, 6) is -0.770. The van der Waals surface area contributed by atoms with E-state index in [0.29, 0.717) is 18.7 Å². The van der Waals surface area contributed by atoms with Crippen molar-refractivity contribution >= 4 is 29.3 Å². The fourth-order valence-corrected chi connectivity index (χ4v) is 1.89. The molecule has 0 aliphatic carbocycles. The molecule has 0 atom stereocenters. The van der Waals surface area contributed by atoms with E-state index >= 15 is 0 Å². The SMILES string of the molecule is CN(CCCC(=O)Nc1ccc(F)c(Cl)c1)C(=O)OC(C)(C)C. The molecule has 0 fully saturated rings. The van der Waals surface area contributed by atoms with E-state index < -0.39 is 17.5 Å². The Kier molecular flexibility index (Phi) is 6.81. The highest BCUT2D eigenvalue weighted by Gasteiger charge is 2.19. The van der Waals surface area contributed by atoms with Crippen LogP contribution in [0.15, 0.2) is 18.2 Å². The Balaban J connectivity index is 2.36. The Hall–Kier alpha value is -1.82. The van der Waals surface area contributed by atoms with E-state index in [1.807, 2.05) is 0 Å². The summed E-state index contributed by atoms with van der Waals surface area (Å²) in [4.78, 5) is 25.0. The first-order valence-electron chi connectivity index (χ1n) is 7.27. The smallest absolute Gasteiger partial charge is 0.410 e. The van der Waals surface area contributed by atoms with Gasteiger partial charge in [0.05, 0.1) is 5.02 Å². The second-order valence-electron chi connectivity index (χ2n) is 6.18. The zero-order chi connectivity index (χ0) is 17.6. The van der Waals surface area contributed by atoms with Crippen LogP contribution in [0.1, 0.15) is 33.6 Å². The number of anilines is 1. The fourth-order valence-electron chi connectivity index (χ4n) is 1.71. The molecule has 0 spiro atoms. The van der Waals surface area contributed by atoms with Crippen molar-refractivity contribution in [1.82, 2.24) is 4.90 Å². The van der Waals surface area contributed by atoms with Crippen LogP contribution in [0.25, 0.3) is 0 Å². The van der Waals surface area contributed by atoms with Crippen molar-refractivity contribution in [1.29, 1.82) is 0 Å². The summed E-state index contributed by atoms with van der Waals surface area (Å²) in [7, 11) is 1.62. The quantitative estimate of drug-likeness (QED) is 0.876. The van der Waals surface area contributed by atoms with Crippen LogP contribution in [-0.2, 0) is 9.53 Å². The summed E-state index contributed by atoms with van der Waals surface area (Å²) in [6.45, 7) is 5.77. The molecule has 7 heteroatoms. The lowest BCUT2D eigenvalue weighted by molar-refractivity contribution is -0.116. The van der Waals surface area contributed by atoms with Crippen LogP contribution in [0.2, 0.25) is 5.02 Å². The summed E-state index contributed by atoms with van der Waals surface area (Å²) < 4.78 is 18.2. The highest BCUT2D eigenvalue weighted by Crippen LogP contribution is 2.19. The van der Waals surface area contributed by atoms with Gasteiger partial charge in [0.1, 0.15) is 11.4 Å². The molecule has 1 N–H and O–H groups in total. The predicted octanol–water partition coefficient (Wildman–Crippen LogP) is 4.06. The molecule has 0 saturated carbocycles. The number of carbonyl (C=O) groups excluding carboxylic acids is 2. The van der Waals surface area contributed by atoms with Crippen LogP contribution in [0.5, 0.6) is 0 Å². The van der Waals surface area contributed by atoms with E-state index in [2.05, 4.69) is 5.32 Å². The van der Waals surface area contributed by atoms with Gasteiger partial charge in [-0.2, -0.15) is 0 Å². The minimum Gasteiger partial charge on any atom is -0.444 e. The maximum absolute atomic E-state index is 13.0. The Morgan fingerprint density at radius 2 is 2.00 bits per heavy atom. The highest BCUT2D eigenvalue weighted by molar-refractivity contribution is 6.31. The Bertz CT molecular complexity index is 573. The van der Waals surface area contributed by atoms with Crippen LogP contribution >= 0.6 is 11.6 Å². The predicted molar refractivity (Wildman–Crippen MR) is 88.1 cm³/mol. The number of hydrogen-bond donors (Lipinski definition) is 1. The lowest BCUT2D eigenvalue weighted by Crippen LogP contribution is -2.35. The van der Waals surface area contributed by atoms with Crippen LogP contribution in [0, 0.1) is 5.82 Å². The molecule has 1 aromatic rings. The Morgan fingerprint density at radius 1 is 1.35 bits per heavy atom. The summed E-state index contributed by atoms with van der Waals surface area (Å²) in [5, 5.41) is 2.58. The minimum absolute atomic E-state index is 0.0486. The van der Waals surface area contributed by atoms with Gasteiger partial charge in [-0.1, -0.05) is 11.6 Å². The summed E-state index contributed by atoms with van der Waals surface area (Å²) in [5.41, 5.74) is -0.119. The number of nitrogens with one attached hydrogen (secondary N) is 1. The molecule has 0 aromatic heterocycles. The summed E-state index contributed by atoms with van der Waals surface area (Å²) in [6, 6.07) is 3.97. The molecule has 0 radical (unpaired) electrons. The van der Waals surface area contributed by atoms with Gasteiger partial charge >= 0.3 is 6.09 Å². The minimum atomic E-state index is -0.551. The van der Waals surface area contributed by atoms with Gasteiger partial charge in [0.25, 0.3) is 0 Å². The van der Waals surface area contributed by atoms with E-state index in [0.717, 1.165) is 0 Å². The van der Waals surface area contributed by atoms with E-state index in [9.17, 15) is 14.0 Å². The van der Waals surface area contributed by atoms with E-state index in [1.165, 1.54) is 23.1 Å². The normalized spacial score (nSPS) is 11.0. The molecule has 0 aliphatic heterocycles. The second-order valence-corrected chi connectivity index (χ2v) is 6.59. The van der Waals surface area contributed by atoms with Crippen molar-refractivity contribution in [2.75, 3.05) is 18.9 Å². The van der Waals surface area contributed by atoms with Crippen LogP contribution in [-0.4, -0.2) is 36.1 Å². The molecule has 128 valence electrons. The van der Waals surface area contributed by atoms with Crippen molar-refractivity contribution in [2.45, 2.75) is 39.2 Å². The molecule has 2 amide bonds. The Morgan fingerprint density at radius 3 is 2.57 bits per heavy atom. The van der Waals surface area contributed by atoms with Gasteiger partial charge in [-0.15, -0.1) is 0 Å². The van der Waals surface area contributed by atoms with Crippen LogP contribution in [0.4, 0.5) is 14.9 Å². The maximum atomic E-state index is 13.0. The maximum Gasteiger partial charge on any atom is 0.410 e. The van der Waals surface area contributed by atoms with Gasteiger partial charge < -0.3 is 15.0 Å². The number of benzene rings is 1. The van der Waals surface area contributed by atoms with E-state index in [4.69, 9.17) is 16.3 Å². The third-order valence-electron chi connectivity index (χ3n) is 2.81. The van der Waals surface area contributed by atoms with Gasteiger partial charge in [-0.05, 0) is 45.4 Å². The number of ether oxygens (including phenoxy) is 1. The monoisotopic (exact) mass is 344 g/mol. The third kappa shape index (κ3) is 7.32. The average Bonchev–Trinajstić information content (AvgIpc) is 2.41. The van der Waals surface area contributed by atoms with Crippen LogP contribution < -0.4 is 5.32 Å². The number of amides is 2. The zero-order valence-corrected chi connectivity index (χ0v) is 14.5. The first kappa shape index (κ1) is 19.2. The molecule has 0 saturated heterocycles. The highest BCUT2D eigenvalue weighted by atomic mass is 35.5. The molecular formula is C16H22ClFN2O3. The molecule has 0 heterocycles. The van der Waals surface area contributed by atoms with E-state index in [-0.39, 0.29) is 17.4 Å². The van der Waals surface area contributed by atoms with Crippen molar-refractivity contribution in [2.24, 2.45) is 0 Å². The zero-order valence-electron chi connectivity index (χ0n) is 13.8. The first-order chi connectivity index (χ1) is 10.6. The molecule has 0 unspecified atom stereocenters. The molecular weight excluding hydrogens is 323 g/mol. The van der Waals surface area contributed by atoms with Crippen molar-refractivity contribution in [3.63, 3.8) is 0 Å². The van der Waals surface area contributed by atoms with Gasteiger partial charge in [0.2, 0.25) is 5.91 Å².